The molecule has 5 heteroatoms. The van der Waals surface area contributed by atoms with Crippen LogP contribution >= 0.6 is 0 Å². The van der Waals surface area contributed by atoms with Crippen molar-refractivity contribution in [3.8, 4) is 16.9 Å². The first-order chi connectivity index (χ1) is 15.6. The quantitative estimate of drug-likeness (QED) is 0.594. The zero-order chi connectivity index (χ0) is 21.7. The van der Waals surface area contributed by atoms with Gasteiger partial charge in [0.05, 0.1) is 18.8 Å². The van der Waals surface area contributed by atoms with Gasteiger partial charge in [-0.15, -0.1) is 0 Å². The minimum absolute atomic E-state index is 0.189. The number of ether oxygens (including phenoxy) is 1. The van der Waals surface area contributed by atoms with E-state index >= 15 is 0 Å². The van der Waals surface area contributed by atoms with Gasteiger partial charge in [-0.2, -0.15) is 0 Å². The number of hydrogen-bond donors (Lipinski definition) is 0. The average molecular weight is 430 g/mol. The molecular formula is C27H31N3O2. The average Bonchev–Trinajstić information content (AvgIpc) is 3.30. The summed E-state index contributed by atoms with van der Waals surface area (Å²) in [5.41, 5.74) is 7.06. The first kappa shape index (κ1) is 19.8. The smallest absolute Gasteiger partial charge is 0.320 e. The molecule has 1 saturated carbocycles. The standard InChI is InChI=1S/C27H31N3O2/c1-18-3-2-4-20-6-7-22(15-25(20)28-18)21-8-10-26-23(14-21)17-29(11-12-32-26)27(31)30-16-19-5-9-24(30)13-19/h6-8,10,14-15,19,24H,2-5,9,11-13,16-17H2,1H3. The molecule has 2 atom stereocenters. The second-order valence-electron chi connectivity index (χ2n) is 9.90. The van der Waals surface area contributed by atoms with E-state index in [1.165, 1.54) is 42.5 Å². The Morgan fingerprint density at radius 3 is 2.78 bits per heavy atom. The van der Waals surface area contributed by atoms with Crippen LogP contribution in [0.5, 0.6) is 5.75 Å². The van der Waals surface area contributed by atoms with Crippen molar-refractivity contribution in [1.82, 2.24) is 9.80 Å². The maximum atomic E-state index is 13.3. The number of aryl methyl sites for hydroxylation is 1. The summed E-state index contributed by atoms with van der Waals surface area (Å²) in [6, 6.07) is 13.7. The van der Waals surface area contributed by atoms with Crippen molar-refractivity contribution in [1.29, 1.82) is 0 Å². The molecule has 2 amide bonds. The second kappa shape index (κ2) is 7.95. The Hall–Kier alpha value is -2.82. The van der Waals surface area contributed by atoms with Gasteiger partial charge >= 0.3 is 6.03 Å². The van der Waals surface area contributed by atoms with Crippen LogP contribution in [0, 0.1) is 5.92 Å². The van der Waals surface area contributed by atoms with Crippen LogP contribution in [0.4, 0.5) is 10.5 Å². The molecule has 4 aliphatic rings. The molecule has 2 aromatic rings. The summed E-state index contributed by atoms with van der Waals surface area (Å²) in [5.74, 6) is 1.61. The molecule has 2 bridgehead atoms. The van der Waals surface area contributed by atoms with Crippen molar-refractivity contribution in [2.45, 2.75) is 58.0 Å². The molecule has 6 rings (SSSR count). The summed E-state index contributed by atoms with van der Waals surface area (Å²) in [6.07, 6.45) is 6.97. The Morgan fingerprint density at radius 2 is 1.94 bits per heavy atom. The highest BCUT2D eigenvalue weighted by atomic mass is 16.5. The first-order valence-corrected chi connectivity index (χ1v) is 12.1. The van der Waals surface area contributed by atoms with E-state index in [1.807, 2.05) is 4.90 Å². The minimum atomic E-state index is 0.189. The van der Waals surface area contributed by atoms with Crippen LogP contribution in [-0.2, 0) is 13.0 Å². The molecule has 1 aliphatic carbocycles. The molecule has 3 aliphatic heterocycles. The van der Waals surface area contributed by atoms with Crippen LogP contribution in [0.15, 0.2) is 41.4 Å². The largest absolute Gasteiger partial charge is 0.491 e. The van der Waals surface area contributed by atoms with Gasteiger partial charge in [-0.05, 0) is 86.3 Å². The zero-order valence-electron chi connectivity index (χ0n) is 18.8. The third kappa shape index (κ3) is 3.58. The normalized spacial score (nSPS) is 24.2. The monoisotopic (exact) mass is 429 g/mol. The molecule has 0 spiro atoms. The van der Waals surface area contributed by atoms with Crippen LogP contribution in [0.2, 0.25) is 0 Å². The molecule has 0 N–H and O–H groups in total. The molecule has 3 heterocycles. The summed E-state index contributed by atoms with van der Waals surface area (Å²) in [7, 11) is 0. The Kier molecular flexibility index (Phi) is 4.93. The molecule has 5 nitrogen and oxygen atoms in total. The number of amides is 2. The fourth-order valence-corrected chi connectivity index (χ4v) is 5.93. The third-order valence-electron chi connectivity index (χ3n) is 7.68. The molecule has 0 aromatic heterocycles. The lowest BCUT2D eigenvalue weighted by atomic mass is 9.98. The van der Waals surface area contributed by atoms with Gasteiger partial charge in [0.25, 0.3) is 0 Å². The van der Waals surface area contributed by atoms with Gasteiger partial charge in [0, 0.05) is 23.9 Å². The van der Waals surface area contributed by atoms with Crippen molar-refractivity contribution >= 4 is 17.4 Å². The Balaban J connectivity index is 1.28. The zero-order valence-corrected chi connectivity index (χ0v) is 18.8. The van der Waals surface area contributed by atoms with Crippen LogP contribution in [-0.4, -0.2) is 47.3 Å². The van der Waals surface area contributed by atoms with Crippen LogP contribution in [0.3, 0.4) is 0 Å². The summed E-state index contributed by atoms with van der Waals surface area (Å²) in [4.78, 5) is 22.3. The highest BCUT2D eigenvalue weighted by molar-refractivity contribution is 5.86. The molecule has 2 fully saturated rings. The highest BCUT2D eigenvalue weighted by Gasteiger charge is 2.41. The SMILES string of the molecule is CC1=Nc2cc(-c3ccc4c(c3)CN(C(=O)N3CC5CCC3C5)CCO4)ccc2CCC1. The fourth-order valence-electron chi connectivity index (χ4n) is 5.93. The van der Waals surface area contributed by atoms with Crippen LogP contribution < -0.4 is 4.74 Å². The molecule has 166 valence electrons. The molecule has 2 aromatic carbocycles. The van der Waals surface area contributed by atoms with Crippen molar-refractivity contribution in [2.75, 3.05) is 19.7 Å². The number of aliphatic imine (C=N–C) groups is 1. The van der Waals surface area contributed by atoms with Gasteiger partial charge in [-0.25, -0.2) is 4.79 Å². The minimum Gasteiger partial charge on any atom is -0.491 e. The lowest BCUT2D eigenvalue weighted by Crippen LogP contribution is -2.47. The van der Waals surface area contributed by atoms with E-state index in [-0.39, 0.29) is 6.03 Å². The van der Waals surface area contributed by atoms with Crippen molar-refractivity contribution in [3.63, 3.8) is 0 Å². The van der Waals surface area contributed by atoms with E-state index in [0.29, 0.717) is 31.7 Å². The highest BCUT2D eigenvalue weighted by Crippen LogP contribution is 2.39. The number of carbonyl (C=O) groups excluding carboxylic acids is 1. The maximum absolute atomic E-state index is 13.3. The van der Waals surface area contributed by atoms with Crippen molar-refractivity contribution in [3.05, 3.63) is 47.5 Å². The fraction of sp³-hybridized carbons (Fsp3) is 0.481. The van der Waals surface area contributed by atoms with Crippen LogP contribution in [0.25, 0.3) is 11.1 Å². The number of likely N-dealkylation sites (tertiary alicyclic amines) is 1. The number of carbonyl (C=O) groups is 1. The number of hydrogen-bond acceptors (Lipinski definition) is 3. The van der Waals surface area contributed by atoms with E-state index in [9.17, 15) is 4.79 Å². The van der Waals surface area contributed by atoms with Crippen molar-refractivity contribution in [2.24, 2.45) is 10.9 Å². The first-order valence-electron chi connectivity index (χ1n) is 12.1. The lowest BCUT2D eigenvalue weighted by molar-refractivity contribution is 0.132. The Morgan fingerprint density at radius 1 is 1.06 bits per heavy atom. The van der Waals surface area contributed by atoms with Gasteiger partial charge in [-0.3, -0.25) is 4.99 Å². The van der Waals surface area contributed by atoms with E-state index < -0.39 is 0 Å². The second-order valence-corrected chi connectivity index (χ2v) is 9.90. The predicted octanol–water partition coefficient (Wildman–Crippen LogP) is 5.58. The molecule has 2 unspecified atom stereocenters. The van der Waals surface area contributed by atoms with Crippen molar-refractivity contribution < 1.29 is 9.53 Å². The molecule has 32 heavy (non-hydrogen) atoms. The summed E-state index contributed by atoms with van der Waals surface area (Å²) in [5, 5.41) is 0. The third-order valence-corrected chi connectivity index (χ3v) is 7.68. The van der Waals surface area contributed by atoms with E-state index in [4.69, 9.17) is 9.73 Å². The van der Waals surface area contributed by atoms with Crippen LogP contribution in [0.1, 0.15) is 50.2 Å². The predicted molar refractivity (Wildman–Crippen MR) is 127 cm³/mol. The lowest BCUT2D eigenvalue weighted by Gasteiger charge is -2.32. The Labute approximate surface area is 190 Å². The van der Waals surface area contributed by atoms with Gasteiger partial charge in [0.15, 0.2) is 0 Å². The number of benzene rings is 2. The van der Waals surface area contributed by atoms with E-state index in [0.717, 1.165) is 42.0 Å². The summed E-state index contributed by atoms with van der Waals surface area (Å²) < 4.78 is 6.03. The maximum Gasteiger partial charge on any atom is 0.320 e. The van der Waals surface area contributed by atoms with Gasteiger partial charge in [0.2, 0.25) is 0 Å². The molecule has 0 radical (unpaired) electrons. The van der Waals surface area contributed by atoms with Gasteiger partial charge in [-0.1, -0.05) is 18.2 Å². The summed E-state index contributed by atoms with van der Waals surface area (Å²) >= 11 is 0. The number of piperidine rings is 1. The van der Waals surface area contributed by atoms with E-state index in [2.05, 4.69) is 48.2 Å². The van der Waals surface area contributed by atoms with E-state index in [1.54, 1.807) is 0 Å². The number of rotatable bonds is 1. The number of nitrogens with zero attached hydrogens (tertiary/aromatic N) is 3. The topological polar surface area (TPSA) is 45.1 Å². The molecule has 1 saturated heterocycles. The molecular weight excluding hydrogens is 398 g/mol. The number of fused-ring (bicyclic) bond motifs is 4. The number of urea groups is 1. The Bertz CT molecular complexity index is 1090. The van der Waals surface area contributed by atoms with Gasteiger partial charge in [0.1, 0.15) is 12.4 Å². The summed E-state index contributed by atoms with van der Waals surface area (Å²) in [6.45, 7) is 4.86. The van der Waals surface area contributed by atoms with Gasteiger partial charge < -0.3 is 14.5 Å².